The fraction of sp³-hybridized carbons (Fsp3) is 0.867. The molecule has 1 fully saturated rings. The van der Waals surface area contributed by atoms with Crippen molar-refractivity contribution in [3.63, 3.8) is 0 Å². The smallest absolute Gasteiger partial charge is 0.0964 e. The second kappa shape index (κ2) is 8.37. The van der Waals surface area contributed by atoms with Crippen molar-refractivity contribution in [2.75, 3.05) is 13.2 Å². The molecule has 0 radical (unpaired) electrons. The summed E-state index contributed by atoms with van der Waals surface area (Å²) in [6.45, 7) is 7.82. The van der Waals surface area contributed by atoms with Crippen molar-refractivity contribution in [2.24, 2.45) is 5.92 Å². The van der Waals surface area contributed by atoms with Crippen LogP contribution in [0.1, 0.15) is 51.6 Å². The molecule has 1 N–H and O–H groups in total. The predicted octanol–water partition coefficient (Wildman–Crippen LogP) is 2.37. The van der Waals surface area contributed by atoms with E-state index in [0.29, 0.717) is 12.0 Å². The minimum atomic E-state index is 0.443. The summed E-state index contributed by atoms with van der Waals surface area (Å²) in [5.41, 5.74) is 1.00. The van der Waals surface area contributed by atoms with Gasteiger partial charge < -0.3 is 10.1 Å². The van der Waals surface area contributed by atoms with Gasteiger partial charge in [0.15, 0.2) is 0 Å². The molecule has 1 aliphatic carbocycles. The molecule has 1 aromatic heterocycles. The van der Waals surface area contributed by atoms with Gasteiger partial charge in [-0.15, -0.1) is 5.10 Å². The normalized spacial score (nSPS) is 23.1. The van der Waals surface area contributed by atoms with Crippen molar-refractivity contribution in [1.29, 1.82) is 0 Å². The highest BCUT2D eigenvalue weighted by Crippen LogP contribution is 2.26. The molecule has 0 aliphatic heterocycles. The van der Waals surface area contributed by atoms with E-state index in [9.17, 15) is 0 Å². The number of rotatable bonds is 8. The first-order chi connectivity index (χ1) is 9.79. The Hall–Kier alpha value is -0.940. The first-order valence-corrected chi connectivity index (χ1v) is 8.01. The molecule has 5 heteroatoms. The molecule has 20 heavy (non-hydrogen) atoms. The van der Waals surface area contributed by atoms with E-state index in [4.69, 9.17) is 4.74 Å². The third kappa shape index (κ3) is 4.87. The highest BCUT2D eigenvalue weighted by Gasteiger charge is 2.21. The zero-order valence-electron chi connectivity index (χ0n) is 12.8. The van der Waals surface area contributed by atoms with Gasteiger partial charge >= 0.3 is 0 Å². The van der Waals surface area contributed by atoms with Crippen molar-refractivity contribution in [3.05, 3.63) is 11.9 Å². The molecule has 114 valence electrons. The van der Waals surface area contributed by atoms with Crippen molar-refractivity contribution in [2.45, 2.75) is 65.1 Å². The molecule has 1 heterocycles. The molecule has 0 bridgehead atoms. The summed E-state index contributed by atoms with van der Waals surface area (Å²) in [6, 6.07) is 0. The molecule has 2 atom stereocenters. The van der Waals surface area contributed by atoms with E-state index in [1.807, 2.05) is 10.9 Å². The summed E-state index contributed by atoms with van der Waals surface area (Å²) in [6.07, 6.45) is 8.78. The Balaban J connectivity index is 1.66. The summed E-state index contributed by atoms with van der Waals surface area (Å²) in [4.78, 5) is 0. The van der Waals surface area contributed by atoms with Gasteiger partial charge in [-0.3, -0.25) is 0 Å². The van der Waals surface area contributed by atoms with Gasteiger partial charge in [-0.1, -0.05) is 31.9 Å². The molecule has 5 nitrogen and oxygen atoms in total. The quantitative estimate of drug-likeness (QED) is 0.743. The molecule has 2 rings (SSSR count). The van der Waals surface area contributed by atoms with Crippen LogP contribution in [-0.2, 0) is 17.8 Å². The number of nitrogens with one attached hydrogen (secondary N) is 1. The Bertz CT molecular complexity index is 380. The molecule has 2 unspecified atom stereocenters. The minimum absolute atomic E-state index is 0.443. The van der Waals surface area contributed by atoms with E-state index < -0.39 is 0 Å². The topological polar surface area (TPSA) is 52.0 Å². The first-order valence-electron chi connectivity index (χ1n) is 8.01. The monoisotopic (exact) mass is 280 g/mol. The number of hydrogen-bond acceptors (Lipinski definition) is 4. The number of aromatic nitrogens is 3. The number of ether oxygens (including phenoxy) is 1. The highest BCUT2D eigenvalue weighted by atomic mass is 16.5. The second-order valence-corrected chi connectivity index (χ2v) is 5.82. The third-order valence-electron chi connectivity index (χ3n) is 4.00. The van der Waals surface area contributed by atoms with Crippen LogP contribution in [0.25, 0.3) is 0 Å². The Morgan fingerprint density at radius 1 is 1.40 bits per heavy atom. The van der Waals surface area contributed by atoms with Crippen LogP contribution in [0.5, 0.6) is 0 Å². The van der Waals surface area contributed by atoms with Gasteiger partial charge in [0.25, 0.3) is 0 Å². The standard InChI is InChI=1S/C15H28N4O/c1-3-8-16-11-14-12-19(18-17-14)9-10-20-15-7-5-4-6-13(15)2/h12-13,15-16H,3-11H2,1-2H3. The van der Waals surface area contributed by atoms with Crippen LogP contribution in [0.15, 0.2) is 6.20 Å². The summed E-state index contributed by atoms with van der Waals surface area (Å²) in [5, 5.41) is 11.6. The molecule has 1 aliphatic rings. The summed E-state index contributed by atoms with van der Waals surface area (Å²) < 4.78 is 7.89. The molecule has 0 saturated heterocycles. The lowest BCUT2D eigenvalue weighted by molar-refractivity contribution is -0.00944. The molecule has 1 aromatic rings. The molecular weight excluding hydrogens is 252 g/mol. The maximum atomic E-state index is 6.00. The van der Waals surface area contributed by atoms with E-state index in [1.54, 1.807) is 0 Å². The molecule has 1 saturated carbocycles. The van der Waals surface area contributed by atoms with Crippen molar-refractivity contribution in [3.8, 4) is 0 Å². The first kappa shape index (κ1) is 15.4. The maximum absolute atomic E-state index is 6.00. The van der Waals surface area contributed by atoms with E-state index in [2.05, 4.69) is 29.5 Å². The van der Waals surface area contributed by atoms with Crippen molar-refractivity contribution < 1.29 is 4.74 Å². The SMILES string of the molecule is CCCNCc1cn(CCOC2CCCCC2C)nn1. The van der Waals surface area contributed by atoms with E-state index >= 15 is 0 Å². The lowest BCUT2D eigenvalue weighted by atomic mass is 9.88. The Morgan fingerprint density at radius 3 is 3.05 bits per heavy atom. The van der Waals surface area contributed by atoms with Crippen LogP contribution in [0.2, 0.25) is 0 Å². The Kier molecular flexibility index (Phi) is 6.47. The van der Waals surface area contributed by atoms with Crippen molar-refractivity contribution >= 4 is 0 Å². The largest absolute Gasteiger partial charge is 0.376 e. The fourth-order valence-electron chi connectivity index (χ4n) is 2.75. The van der Waals surface area contributed by atoms with Crippen LogP contribution in [0.4, 0.5) is 0 Å². The van der Waals surface area contributed by atoms with Crippen LogP contribution >= 0.6 is 0 Å². The predicted molar refractivity (Wildman–Crippen MR) is 79.4 cm³/mol. The third-order valence-corrected chi connectivity index (χ3v) is 4.00. The zero-order chi connectivity index (χ0) is 14.2. The van der Waals surface area contributed by atoms with Crippen LogP contribution in [0.3, 0.4) is 0 Å². The summed E-state index contributed by atoms with van der Waals surface area (Å²) >= 11 is 0. The molecule has 0 spiro atoms. The average Bonchev–Trinajstić information content (AvgIpc) is 2.89. The van der Waals surface area contributed by atoms with Crippen molar-refractivity contribution in [1.82, 2.24) is 20.3 Å². The summed E-state index contributed by atoms with van der Waals surface area (Å²) in [5.74, 6) is 0.702. The summed E-state index contributed by atoms with van der Waals surface area (Å²) in [7, 11) is 0. The van der Waals surface area contributed by atoms with Gasteiger partial charge in [0.05, 0.1) is 24.9 Å². The number of hydrogen-bond donors (Lipinski definition) is 1. The molecular formula is C15H28N4O. The van der Waals surface area contributed by atoms with E-state index in [1.165, 1.54) is 25.7 Å². The second-order valence-electron chi connectivity index (χ2n) is 5.82. The Morgan fingerprint density at radius 2 is 2.25 bits per heavy atom. The van der Waals surface area contributed by atoms with Gasteiger partial charge in [-0.25, -0.2) is 4.68 Å². The van der Waals surface area contributed by atoms with Gasteiger partial charge in [0.1, 0.15) is 0 Å². The number of nitrogens with zero attached hydrogens (tertiary/aromatic N) is 3. The van der Waals surface area contributed by atoms with Gasteiger partial charge in [0.2, 0.25) is 0 Å². The lowest BCUT2D eigenvalue weighted by Gasteiger charge is -2.28. The van der Waals surface area contributed by atoms with Gasteiger partial charge in [-0.2, -0.15) is 0 Å². The fourth-order valence-corrected chi connectivity index (χ4v) is 2.75. The van der Waals surface area contributed by atoms with Crippen LogP contribution < -0.4 is 5.32 Å². The van der Waals surface area contributed by atoms with E-state index in [0.717, 1.165) is 38.4 Å². The van der Waals surface area contributed by atoms with Crippen LogP contribution in [0, 0.1) is 5.92 Å². The molecule has 0 aromatic carbocycles. The maximum Gasteiger partial charge on any atom is 0.0964 e. The molecule has 0 amide bonds. The Labute approximate surface area is 122 Å². The van der Waals surface area contributed by atoms with Gasteiger partial charge in [0, 0.05) is 12.7 Å². The zero-order valence-corrected chi connectivity index (χ0v) is 12.8. The highest BCUT2D eigenvalue weighted by molar-refractivity contribution is 4.91. The minimum Gasteiger partial charge on any atom is -0.376 e. The lowest BCUT2D eigenvalue weighted by Crippen LogP contribution is -2.27. The van der Waals surface area contributed by atoms with Crippen LogP contribution in [-0.4, -0.2) is 34.2 Å². The van der Waals surface area contributed by atoms with E-state index in [-0.39, 0.29) is 0 Å². The van der Waals surface area contributed by atoms with Gasteiger partial charge in [-0.05, 0) is 31.7 Å². The average molecular weight is 280 g/mol.